The number of rotatable bonds is 2. The Morgan fingerprint density at radius 1 is 1.28 bits per heavy atom. The van der Waals surface area contributed by atoms with Crippen LogP contribution in [0.3, 0.4) is 0 Å². The smallest absolute Gasteiger partial charge is 0.133 e. The standard InChI is InChI=1S/C22H26N2O/c1-2-10-22-13-16-12-17(25)8-7-15(16)14-24(22)11-9-19-18-5-3-4-6-20(18)23-21(19)22/h2-6,15-16,23H,1,7-14H2/t15?,16?,22-/m0/s1. The van der Waals surface area contributed by atoms with Crippen molar-refractivity contribution in [3.63, 3.8) is 0 Å². The van der Waals surface area contributed by atoms with Gasteiger partial charge in [-0.1, -0.05) is 24.3 Å². The number of ketones is 1. The number of carbonyl (C=O) groups excluding carboxylic acids is 1. The molecule has 0 radical (unpaired) electrons. The normalized spacial score (nSPS) is 32.1. The zero-order valence-electron chi connectivity index (χ0n) is 14.8. The molecule has 1 aromatic heterocycles. The summed E-state index contributed by atoms with van der Waals surface area (Å²) in [5, 5.41) is 1.38. The lowest BCUT2D eigenvalue weighted by Gasteiger charge is -2.55. The molecule has 130 valence electrons. The van der Waals surface area contributed by atoms with E-state index in [4.69, 9.17) is 0 Å². The Morgan fingerprint density at radius 3 is 3.04 bits per heavy atom. The maximum atomic E-state index is 12.1. The fourth-order valence-electron chi connectivity index (χ4n) is 5.87. The number of nitrogens with zero attached hydrogens (tertiary/aromatic N) is 1. The number of aromatic amines is 1. The number of hydrogen-bond acceptors (Lipinski definition) is 2. The Balaban J connectivity index is 1.65. The molecule has 0 amide bonds. The molecule has 1 aliphatic carbocycles. The van der Waals surface area contributed by atoms with Crippen LogP contribution in [-0.4, -0.2) is 28.8 Å². The van der Waals surface area contributed by atoms with Crippen LogP contribution in [0, 0.1) is 11.8 Å². The van der Waals surface area contributed by atoms with Crippen LogP contribution < -0.4 is 0 Å². The van der Waals surface area contributed by atoms with Gasteiger partial charge >= 0.3 is 0 Å². The molecule has 3 heteroatoms. The molecule has 25 heavy (non-hydrogen) atoms. The number of fused-ring (bicyclic) bond motifs is 6. The predicted molar refractivity (Wildman–Crippen MR) is 101 cm³/mol. The highest BCUT2D eigenvalue weighted by molar-refractivity contribution is 5.85. The second kappa shape index (κ2) is 5.57. The molecule has 2 fully saturated rings. The van der Waals surface area contributed by atoms with E-state index in [-0.39, 0.29) is 5.54 Å². The van der Waals surface area contributed by atoms with Crippen molar-refractivity contribution in [2.45, 2.75) is 44.1 Å². The number of carbonyl (C=O) groups is 1. The fourth-order valence-corrected chi connectivity index (χ4v) is 5.87. The lowest BCUT2D eigenvalue weighted by atomic mass is 9.64. The molecule has 1 N–H and O–H groups in total. The molecule has 1 aromatic carbocycles. The maximum Gasteiger partial charge on any atom is 0.133 e. The average molecular weight is 334 g/mol. The average Bonchev–Trinajstić information content (AvgIpc) is 3.00. The first-order valence-electron chi connectivity index (χ1n) is 9.69. The Hall–Kier alpha value is -1.87. The monoisotopic (exact) mass is 334 g/mol. The zero-order valence-corrected chi connectivity index (χ0v) is 14.8. The van der Waals surface area contributed by atoms with Gasteiger partial charge in [0.15, 0.2) is 0 Å². The molecule has 1 saturated heterocycles. The third kappa shape index (κ3) is 2.18. The molecule has 0 spiro atoms. The highest BCUT2D eigenvalue weighted by Crippen LogP contribution is 2.51. The first kappa shape index (κ1) is 15.4. The Bertz CT molecular complexity index is 851. The van der Waals surface area contributed by atoms with Gasteiger partial charge in [-0.3, -0.25) is 9.69 Å². The van der Waals surface area contributed by atoms with Crippen LogP contribution >= 0.6 is 0 Å². The Labute approximate surface area is 149 Å². The van der Waals surface area contributed by atoms with Crippen LogP contribution in [0.1, 0.15) is 43.4 Å². The van der Waals surface area contributed by atoms with Crippen LogP contribution in [0.25, 0.3) is 10.9 Å². The summed E-state index contributed by atoms with van der Waals surface area (Å²) in [4.78, 5) is 18.6. The summed E-state index contributed by atoms with van der Waals surface area (Å²) < 4.78 is 0. The van der Waals surface area contributed by atoms with Crippen LogP contribution in [0.2, 0.25) is 0 Å². The number of benzene rings is 1. The van der Waals surface area contributed by atoms with Gasteiger partial charge in [-0.15, -0.1) is 6.58 Å². The van der Waals surface area contributed by atoms with E-state index in [2.05, 4.69) is 46.8 Å². The quantitative estimate of drug-likeness (QED) is 0.836. The lowest BCUT2D eigenvalue weighted by Crippen LogP contribution is -2.58. The summed E-state index contributed by atoms with van der Waals surface area (Å²) in [5.74, 6) is 1.70. The van der Waals surface area contributed by atoms with Crippen molar-refractivity contribution in [3.05, 3.63) is 48.2 Å². The van der Waals surface area contributed by atoms with E-state index in [0.717, 1.165) is 51.6 Å². The summed E-state index contributed by atoms with van der Waals surface area (Å²) in [5.41, 5.74) is 4.15. The third-order valence-electron chi connectivity index (χ3n) is 7.00. The van der Waals surface area contributed by atoms with E-state index >= 15 is 0 Å². The Kier molecular flexibility index (Phi) is 3.43. The molecule has 2 aliphatic heterocycles. The minimum absolute atomic E-state index is 0.00708. The zero-order chi connectivity index (χ0) is 17.0. The summed E-state index contributed by atoms with van der Waals surface area (Å²) in [7, 11) is 0. The summed E-state index contributed by atoms with van der Waals surface area (Å²) in [6, 6.07) is 8.69. The maximum absolute atomic E-state index is 12.1. The molecule has 3 nitrogen and oxygen atoms in total. The van der Waals surface area contributed by atoms with Crippen LogP contribution in [-0.2, 0) is 16.8 Å². The second-order valence-electron chi connectivity index (χ2n) is 8.25. The second-order valence-corrected chi connectivity index (χ2v) is 8.25. The first-order valence-corrected chi connectivity index (χ1v) is 9.69. The van der Waals surface area contributed by atoms with Crippen molar-refractivity contribution >= 4 is 16.7 Å². The van der Waals surface area contributed by atoms with Crippen LogP contribution in [0.5, 0.6) is 0 Å². The van der Waals surface area contributed by atoms with Gasteiger partial charge in [-0.2, -0.15) is 0 Å². The highest BCUT2D eigenvalue weighted by atomic mass is 16.1. The van der Waals surface area contributed by atoms with Crippen molar-refractivity contribution < 1.29 is 4.79 Å². The van der Waals surface area contributed by atoms with Gasteiger partial charge < -0.3 is 4.98 Å². The van der Waals surface area contributed by atoms with E-state index in [1.807, 2.05) is 0 Å². The van der Waals surface area contributed by atoms with Crippen molar-refractivity contribution in [1.29, 1.82) is 0 Å². The molecule has 5 rings (SSSR count). The molecule has 0 bridgehead atoms. The molecule has 3 heterocycles. The van der Waals surface area contributed by atoms with E-state index in [1.54, 1.807) is 0 Å². The predicted octanol–water partition coefficient (Wildman–Crippen LogP) is 4.19. The fraction of sp³-hybridized carbons (Fsp3) is 0.500. The molecular weight excluding hydrogens is 308 g/mol. The number of aromatic nitrogens is 1. The van der Waals surface area contributed by atoms with Gasteiger partial charge in [-0.05, 0) is 49.1 Å². The van der Waals surface area contributed by atoms with Crippen molar-refractivity contribution in [1.82, 2.24) is 9.88 Å². The minimum atomic E-state index is 0.00708. The van der Waals surface area contributed by atoms with E-state index in [0.29, 0.717) is 17.6 Å². The van der Waals surface area contributed by atoms with Gasteiger partial charge in [0.05, 0.1) is 5.54 Å². The summed E-state index contributed by atoms with van der Waals surface area (Å²) >= 11 is 0. The van der Waals surface area contributed by atoms with E-state index < -0.39 is 0 Å². The van der Waals surface area contributed by atoms with Gasteiger partial charge in [-0.25, -0.2) is 0 Å². The van der Waals surface area contributed by atoms with Crippen molar-refractivity contribution in [2.75, 3.05) is 13.1 Å². The molecule has 1 saturated carbocycles. The van der Waals surface area contributed by atoms with E-state index in [1.165, 1.54) is 22.2 Å². The minimum Gasteiger partial charge on any atom is -0.357 e. The number of H-pyrrole nitrogens is 1. The number of para-hydroxylation sites is 1. The summed E-state index contributed by atoms with van der Waals surface area (Å²) in [6.45, 7) is 6.34. The van der Waals surface area contributed by atoms with Gasteiger partial charge in [0.1, 0.15) is 5.78 Å². The molecular formula is C22H26N2O. The van der Waals surface area contributed by atoms with E-state index in [9.17, 15) is 4.79 Å². The SMILES string of the molecule is C=CC[C@@]12CC3CC(=O)CCC3CN1CCc1c2[nH]c2ccccc12. The largest absolute Gasteiger partial charge is 0.357 e. The molecule has 3 atom stereocenters. The molecule has 3 aliphatic rings. The molecule has 2 unspecified atom stereocenters. The number of Topliss-reactive ketones (excluding diaryl/α,β-unsaturated/α-hetero) is 1. The number of hydrogen-bond donors (Lipinski definition) is 1. The lowest BCUT2D eigenvalue weighted by molar-refractivity contribution is -0.126. The van der Waals surface area contributed by atoms with Crippen LogP contribution in [0.4, 0.5) is 0 Å². The van der Waals surface area contributed by atoms with Gasteiger partial charge in [0.25, 0.3) is 0 Å². The summed E-state index contributed by atoms with van der Waals surface area (Å²) in [6.07, 6.45) is 7.92. The van der Waals surface area contributed by atoms with Gasteiger partial charge in [0.2, 0.25) is 0 Å². The number of nitrogens with one attached hydrogen (secondary N) is 1. The Morgan fingerprint density at radius 2 is 2.16 bits per heavy atom. The van der Waals surface area contributed by atoms with Crippen molar-refractivity contribution in [3.8, 4) is 0 Å². The topological polar surface area (TPSA) is 36.1 Å². The highest BCUT2D eigenvalue weighted by Gasteiger charge is 2.51. The van der Waals surface area contributed by atoms with Crippen molar-refractivity contribution in [2.24, 2.45) is 11.8 Å². The van der Waals surface area contributed by atoms with Gasteiger partial charge in [0, 0.05) is 42.5 Å². The van der Waals surface area contributed by atoms with Crippen LogP contribution in [0.15, 0.2) is 36.9 Å². The number of piperidine rings is 1. The first-order chi connectivity index (χ1) is 12.2. The molecule has 2 aromatic rings. The third-order valence-corrected chi connectivity index (χ3v) is 7.00.